The first kappa shape index (κ1) is 22.1. The van der Waals surface area contributed by atoms with Crippen LogP contribution in [0.25, 0.3) is 0 Å². The molecule has 4 nitrogen and oxygen atoms in total. The largest absolute Gasteiger partial charge is 0.507 e. The number of phenols is 1. The van der Waals surface area contributed by atoms with Crippen LogP contribution in [0, 0.1) is 6.92 Å². The number of rotatable bonds is 4. The Kier molecular flexibility index (Phi) is 6.24. The minimum absolute atomic E-state index is 0.136. The number of halogens is 1. The van der Waals surface area contributed by atoms with Crippen molar-refractivity contribution in [2.45, 2.75) is 44.4 Å². The van der Waals surface area contributed by atoms with Crippen LogP contribution in [0.5, 0.6) is 5.75 Å². The van der Waals surface area contributed by atoms with Crippen molar-refractivity contribution in [1.29, 1.82) is 0 Å². The third-order valence-electron chi connectivity index (χ3n) is 6.87. The molecule has 0 aliphatic carbocycles. The van der Waals surface area contributed by atoms with Crippen LogP contribution in [0.15, 0.2) is 77.8 Å². The average molecular weight is 460 g/mol. The van der Waals surface area contributed by atoms with Crippen LogP contribution in [0.3, 0.4) is 0 Å². The van der Waals surface area contributed by atoms with E-state index in [4.69, 9.17) is 16.6 Å². The van der Waals surface area contributed by atoms with Crippen LogP contribution in [0.1, 0.15) is 47.6 Å². The second kappa shape index (κ2) is 9.30. The van der Waals surface area contributed by atoms with Gasteiger partial charge in [0.2, 0.25) is 0 Å². The van der Waals surface area contributed by atoms with Gasteiger partial charge in [-0.05, 0) is 49.1 Å². The van der Waals surface area contributed by atoms with Crippen LogP contribution >= 0.6 is 11.6 Å². The van der Waals surface area contributed by atoms with E-state index in [1.54, 1.807) is 12.1 Å². The number of likely N-dealkylation sites (tertiary alicyclic amines) is 1. The van der Waals surface area contributed by atoms with Crippen LogP contribution in [-0.4, -0.2) is 34.5 Å². The van der Waals surface area contributed by atoms with Gasteiger partial charge in [-0.1, -0.05) is 71.8 Å². The van der Waals surface area contributed by atoms with Gasteiger partial charge in [0.05, 0.1) is 0 Å². The fourth-order valence-electron chi connectivity index (χ4n) is 4.99. The number of phenolic OH excluding ortho intramolecular Hbond substituents is 1. The van der Waals surface area contributed by atoms with Gasteiger partial charge in [0.1, 0.15) is 11.4 Å². The molecule has 0 unspecified atom stereocenters. The van der Waals surface area contributed by atoms with Crippen LogP contribution in [-0.2, 0) is 6.54 Å². The van der Waals surface area contributed by atoms with Gasteiger partial charge in [-0.25, -0.2) is 0 Å². The Morgan fingerprint density at radius 1 is 1.03 bits per heavy atom. The number of aryl methyl sites for hydroxylation is 1. The SMILES string of the molecule is Cc1ccc([C@@H]2CC(c3cc(Cl)ccc3O)=NC3(CCN(Cc4ccccc4)CC3)N2)cc1. The second-order valence-electron chi connectivity index (χ2n) is 9.33. The molecular weight excluding hydrogens is 430 g/mol. The van der Waals surface area contributed by atoms with Gasteiger partial charge < -0.3 is 5.11 Å². The molecule has 0 amide bonds. The molecule has 2 heterocycles. The van der Waals surface area contributed by atoms with Gasteiger partial charge in [-0.3, -0.25) is 15.2 Å². The van der Waals surface area contributed by atoms with Crippen molar-refractivity contribution in [3.05, 3.63) is 100 Å². The summed E-state index contributed by atoms with van der Waals surface area (Å²) < 4.78 is 0. The van der Waals surface area contributed by atoms with Gasteiger partial charge in [-0.2, -0.15) is 0 Å². The topological polar surface area (TPSA) is 47.9 Å². The summed E-state index contributed by atoms with van der Waals surface area (Å²) in [6.45, 7) is 5.02. The third-order valence-corrected chi connectivity index (χ3v) is 7.11. The Morgan fingerprint density at radius 2 is 1.76 bits per heavy atom. The molecule has 0 saturated carbocycles. The zero-order valence-corrected chi connectivity index (χ0v) is 19.7. The van der Waals surface area contributed by atoms with Gasteiger partial charge in [-0.15, -0.1) is 0 Å². The third kappa shape index (κ3) is 4.98. The van der Waals surface area contributed by atoms with Crippen molar-refractivity contribution in [3.8, 4) is 5.75 Å². The lowest BCUT2D eigenvalue weighted by Crippen LogP contribution is -2.55. The molecule has 1 saturated heterocycles. The van der Waals surface area contributed by atoms with E-state index >= 15 is 0 Å². The highest BCUT2D eigenvalue weighted by atomic mass is 35.5. The van der Waals surface area contributed by atoms with E-state index in [1.165, 1.54) is 16.7 Å². The van der Waals surface area contributed by atoms with Crippen LogP contribution in [0.2, 0.25) is 5.02 Å². The first-order valence-electron chi connectivity index (χ1n) is 11.7. The molecular formula is C28H30ClN3O. The summed E-state index contributed by atoms with van der Waals surface area (Å²) in [7, 11) is 0. The minimum Gasteiger partial charge on any atom is -0.507 e. The molecule has 1 fully saturated rings. The zero-order chi connectivity index (χ0) is 22.8. The summed E-state index contributed by atoms with van der Waals surface area (Å²) in [4.78, 5) is 7.74. The summed E-state index contributed by atoms with van der Waals surface area (Å²) in [5.41, 5.74) is 5.17. The predicted octanol–water partition coefficient (Wildman–Crippen LogP) is 5.87. The molecule has 5 heteroatoms. The van der Waals surface area contributed by atoms with E-state index in [-0.39, 0.29) is 17.5 Å². The maximum absolute atomic E-state index is 10.6. The van der Waals surface area contributed by atoms with Gasteiger partial charge >= 0.3 is 0 Å². The highest BCUT2D eigenvalue weighted by Crippen LogP contribution is 2.37. The van der Waals surface area contributed by atoms with E-state index in [2.05, 4.69) is 71.7 Å². The lowest BCUT2D eigenvalue weighted by Gasteiger charge is -2.45. The molecule has 170 valence electrons. The summed E-state index contributed by atoms with van der Waals surface area (Å²) in [6, 6.07) is 24.7. The maximum atomic E-state index is 10.6. The van der Waals surface area contributed by atoms with Gasteiger partial charge in [0.15, 0.2) is 0 Å². The van der Waals surface area contributed by atoms with Crippen LogP contribution < -0.4 is 5.32 Å². The summed E-state index contributed by atoms with van der Waals surface area (Å²) >= 11 is 6.29. The molecule has 0 bridgehead atoms. The number of hydrogen-bond donors (Lipinski definition) is 2. The smallest absolute Gasteiger partial charge is 0.124 e. The van der Waals surface area contributed by atoms with E-state index < -0.39 is 0 Å². The number of benzene rings is 3. The zero-order valence-electron chi connectivity index (χ0n) is 19.0. The normalized spacial score (nSPS) is 20.5. The van der Waals surface area contributed by atoms with Crippen molar-refractivity contribution >= 4 is 17.3 Å². The number of hydrogen-bond acceptors (Lipinski definition) is 4. The highest BCUT2D eigenvalue weighted by Gasteiger charge is 2.40. The molecule has 5 rings (SSSR count). The molecule has 0 radical (unpaired) electrons. The Bertz CT molecular complexity index is 1140. The summed E-state index contributed by atoms with van der Waals surface area (Å²) in [5.74, 6) is 0.236. The fourth-order valence-corrected chi connectivity index (χ4v) is 5.17. The quantitative estimate of drug-likeness (QED) is 0.513. The number of nitrogens with one attached hydrogen (secondary N) is 1. The van der Waals surface area contributed by atoms with Crippen molar-refractivity contribution in [3.63, 3.8) is 0 Å². The van der Waals surface area contributed by atoms with Gasteiger partial charge in [0, 0.05) is 48.4 Å². The van der Waals surface area contributed by atoms with Crippen molar-refractivity contribution < 1.29 is 5.11 Å². The Balaban J connectivity index is 1.43. The van der Waals surface area contributed by atoms with Gasteiger partial charge in [0.25, 0.3) is 0 Å². The van der Waals surface area contributed by atoms with Crippen molar-refractivity contribution in [2.75, 3.05) is 13.1 Å². The van der Waals surface area contributed by atoms with Crippen LogP contribution in [0.4, 0.5) is 0 Å². The molecule has 2 aliphatic rings. The van der Waals surface area contributed by atoms with E-state index in [0.717, 1.165) is 43.8 Å². The number of nitrogens with zero attached hydrogens (tertiary/aromatic N) is 2. The Morgan fingerprint density at radius 3 is 2.48 bits per heavy atom. The second-order valence-corrected chi connectivity index (χ2v) is 9.76. The molecule has 0 aromatic heterocycles. The number of aliphatic imine (C=N–C) groups is 1. The Labute approximate surface area is 200 Å². The molecule has 3 aromatic rings. The van der Waals surface area contributed by atoms with E-state index in [0.29, 0.717) is 11.4 Å². The molecule has 1 atom stereocenters. The lowest BCUT2D eigenvalue weighted by atomic mass is 9.87. The lowest BCUT2D eigenvalue weighted by molar-refractivity contribution is 0.120. The summed E-state index contributed by atoms with van der Waals surface area (Å²) in [5, 5.41) is 15.1. The molecule has 2 N–H and O–H groups in total. The first-order chi connectivity index (χ1) is 16.0. The first-order valence-corrected chi connectivity index (χ1v) is 12.1. The number of aromatic hydroxyl groups is 1. The standard InChI is InChI=1S/C28H30ClN3O/c1-20-7-9-22(10-8-20)25-18-26(24-17-23(29)11-12-27(24)33)31-28(30-25)13-15-32(16-14-28)19-21-5-3-2-4-6-21/h2-12,17,25,30,33H,13-16,18-19H2,1H3/t25-/m0/s1. The maximum Gasteiger partial charge on any atom is 0.124 e. The fraction of sp³-hybridized carbons (Fsp3) is 0.321. The van der Waals surface area contributed by atoms with E-state index in [9.17, 15) is 5.11 Å². The highest BCUT2D eigenvalue weighted by molar-refractivity contribution is 6.31. The predicted molar refractivity (Wildman–Crippen MR) is 135 cm³/mol. The summed E-state index contributed by atoms with van der Waals surface area (Å²) in [6.07, 6.45) is 2.56. The van der Waals surface area contributed by atoms with Crippen molar-refractivity contribution in [1.82, 2.24) is 10.2 Å². The molecule has 3 aromatic carbocycles. The Hall–Kier alpha value is -2.66. The van der Waals surface area contributed by atoms with Crippen molar-refractivity contribution in [2.24, 2.45) is 4.99 Å². The van der Waals surface area contributed by atoms with E-state index in [1.807, 2.05) is 6.07 Å². The average Bonchev–Trinajstić information content (AvgIpc) is 2.83. The molecule has 2 aliphatic heterocycles. The minimum atomic E-state index is -0.342. The molecule has 1 spiro atoms. The monoisotopic (exact) mass is 459 g/mol. The molecule has 33 heavy (non-hydrogen) atoms. The number of piperidine rings is 1.